The predicted octanol–water partition coefficient (Wildman–Crippen LogP) is 9.23. The topological polar surface area (TPSA) is 24.1 Å². The van der Waals surface area contributed by atoms with Gasteiger partial charge in [-0.25, -0.2) is 0 Å². The molecule has 7 rings (SSSR count). The number of hydrogen-bond donors (Lipinski definition) is 2. The van der Waals surface area contributed by atoms with Crippen molar-refractivity contribution in [2.45, 2.75) is 0 Å². The van der Waals surface area contributed by atoms with Crippen LogP contribution in [0.25, 0.3) is 32.7 Å². The van der Waals surface area contributed by atoms with Crippen LogP contribution in [0.2, 0.25) is 0 Å². The highest BCUT2D eigenvalue weighted by Gasteiger charge is 2.24. The van der Waals surface area contributed by atoms with Gasteiger partial charge in [-0.15, -0.1) is 0 Å². The Morgan fingerprint density at radius 2 is 0.930 bits per heavy atom. The van der Waals surface area contributed by atoms with Crippen LogP contribution in [-0.2, 0) is 0 Å². The SMILES string of the molecule is S=C(Nc1ccccc1)Nc1ccc2ccccc2c1-c1c(P(c2ccccc2)c2ccccc2)ccc2ccccc12. The summed E-state index contributed by atoms with van der Waals surface area (Å²) in [6, 6.07) is 58.2. The van der Waals surface area contributed by atoms with Crippen molar-refractivity contribution in [2.75, 3.05) is 10.6 Å². The quantitative estimate of drug-likeness (QED) is 0.150. The lowest BCUT2D eigenvalue weighted by molar-refractivity contribution is 1.60. The van der Waals surface area contributed by atoms with E-state index in [4.69, 9.17) is 12.2 Å². The van der Waals surface area contributed by atoms with Gasteiger partial charge in [-0.05, 0) is 75.8 Å². The number of fused-ring (bicyclic) bond motifs is 2. The van der Waals surface area contributed by atoms with Crippen molar-refractivity contribution in [2.24, 2.45) is 0 Å². The molecule has 2 nitrogen and oxygen atoms in total. The van der Waals surface area contributed by atoms with Crippen LogP contribution in [0.5, 0.6) is 0 Å². The van der Waals surface area contributed by atoms with Crippen molar-refractivity contribution in [3.8, 4) is 11.1 Å². The van der Waals surface area contributed by atoms with Gasteiger partial charge < -0.3 is 10.6 Å². The van der Waals surface area contributed by atoms with Crippen molar-refractivity contribution in [1.82, 2.24) is 0 Å². The molecule has 2 N–H and O–H groups in total. The Balaban J connectivity index is 1.51. The molecule has 0 aromatic heterocycles. The maximum Gasteiger partial charge on any atom is 0.175 e. The van der Waals surface area contributed by atoms with Crippen LogP contribution < -0.4 is 26.5 Å². The van der Waals surface area contributed by atoms with Gasteiger partial charge in [-0.1, -0.05) is 146 Å². The van der Waals surface area contributed by atoms with E-state index in [0.717, 1.165) is 16.9 Å². The zero-order valence-electron chi connectivity index (χ0n) is 23.4. The zero-order valence-corrected chi connectivity index (χ0v) is 25.2. The summed E-state index contributed by atoms with van der Waals surface area (Å²) < 4.78 is 0. The lowest BCUT2D eigenvalue weighted by Crippen LogP contribution is -2.23. The van der Waals surface area contributed by atoms with Crippen LogP contribution >= 0.6 is 20.1 Å². The monoisotopic (exact) mass is 588 g/mol. The highest BCUT2D eigenvalue weighted by Crippen LogP contribution is 2.44. The summed E-state index contributed by atoms with van der Waals surface area (Å²) in [4.78, 5) is 0. The molecule has 43 heavy (non-hydrogen) atoms. The van der Waals surface area contributed by atoms with Crippen LogP contribution in [0.4, 0.5) is 11.4 Å². The van der Waals surface area contributed by atoms with E-state index in [0.29, 0.717) is 5.11 Å². The maximum atomic E-state index is 5.87. The first kappa shape index (κ1) is 27.0. The van der Waals surface area contributed by atoms with Crippen molar-refractivity contribution >= 4 is 74.1 Å². The largest absolute Gasteiger partial charge is 0.332 e. The first-order valence-electron chi connectivity index (χ1n) is 14.3. The summed E-state index contributed by atoms with van der Waals surface area (Å²) in [6.45, 7) is 0. The third kappa shape index (κ3) is 5.53. The molecule has 206 valence electrons. The molecule has 0 radical (unpaired) electrons. The third-order valence-electron chi connectivity index (χ3n) is 7.64. The molecule has 0 aliphatic carbocycles. The summed E-state index contributed by atoms with van der Waals surface area (Å²) in [5.41, 5.74) is 4.31. The van der Waals surface area contributed by atoms with Crippen LogP contribution in [0, 0.1) is 0 Å². The van der Waals surface area contributed by atoms with Gasteiger partial charge in [0, 0.05) is 22.5 Å². The number of hydrogen-bond acceptors (Lipinski definition) is 1. The van der Waals surface area contributed by atoms with Crippen molar-refractivity contribution < 1.29 is 0 Å². The van der Waals surface area contributed by atoms with Crippen LogP contribution in [-0.4, -0.2) is 5.11 Å². The van der Waals surface area contributed by atoms with Gasteiger partial charge in [0.25, 0.3) is 0 Å². The minimum Gasteiger partial charge on any atom is -0.332 e. The van der Waals surface area contributed by atoms with E-state index in [1.54, 1.807) is 0 Å². The molecular formula is C39H29N2PS. The van der Waals surface area contributed by atoms with Gasteiger partial charge in [0.1, 0.15) is 0 Å². The Hall–Kier alpha value is -4.82. The van der Waals surface area contributed by atoms with E-state index in [1.807, 2.05) is 30.3 Å². The summed E-state index contributed by atoms with van der Waals surface area (Å²) in [6.07, 6.45) is 0. The van der Waals surface area contributed by atoms with Gasteiger partial charge in [-0.3, -0.25) is 0 Å². The molecule has 0 aliphatic heterocycles. The van der Waals surface area contributed by atoms with Crippen LogP contribution in [0.3, 0.4) is 0 Å². The molecule has 7 aromatic carbocycles. The molecule has 0 aliphatic rings. The van der Waals surface area contributed by atoms with Gasteiger partial charge >= 0.3 is 0 Å². The van der Waals surface area contributed by atoms with Crippen LogP contribution in [0.1, 0.15) is 0 Å². The molecule has 0 saturated heterocycles. The molecule has 0 bridgehead atoms. The fourth-order valence-electron chi connectivity index (χ4n) is 5.74. The third-order valence-corrected chi connectivity index (χ3v) is 10.3. The van der Waals surface area contributed by atoms with Gasteiger partial charge in [0.05, 0.1) is 0 Å². The number of para-hydroxylation sites is 1. The first-order valence-corrected chi connectivity index (χ1v) is 16.1. The second-order valence-corrected chi connectivity index (χ2v) is 12.9. The summed E-state index contributed by atoms with van der Waals surface area (Å²) in [5, 5.41) is 16.3. The minimum absolute atomic E-state index is 0.554. The zero-order chi connectivity index (χ0) is 29.0. The van der Waals surface area contributed by atoms with E-state index in [-0.39, 0.29) is 0 Å². The molecule has 0 heterocycles. The van der Waals surface area contributed by atoms with Crippen molar-refractivity contribution in [1.29, 1.82) is 0 Å². The number of rotatable bonds is 6. The Morgan fingerprint density at radius 1 is 0.442 bits per heavy atom. The van der Waals surface area contributed by atoms with E-state index in [1.165, 1.54) is 43.0 Å². The fraction of sp³-hybridized carbons (Fsp3) is 0. The fourth-order valence-corrected chi connectivity index (χ4v) is 8.44. The molecule has 0 unspecified atom stereocenters. The predicted molar refractivity (Wildman–Crippen MR) is 192 cm³/mol. The summed E-state index contributed by atoms with van der Waals surface area (Å²) in [5.74, 6) is 0. The van der Waals surface area contributed by atoms with Gasteiger partial charge in [0.2, 0.25) is 0 Å². The second kappa shape index (κ2) is 12.2. The van der Waals surface area contributed by atoms with E-state index < -0.39 is 7.92 Å². The number of thiocarbonyl (C=S) groups is 1. The van der Waals surface area contributed by atoms with E-state index >= 15 is 0 Å². The Morgan fingerprint density at radius 3 is 1.53 bits per heavy atom. The van der Waals surface area contributed by atoms with Crippen molar-refractivity contribution in [3.63, 3.8) is 0 Å². The number of nitrogens with one attached hydrogen (secondary N) is 2. The van der Waals surface area contributed by atoms with Crippen molar-refractivity contribution in [3.05, 3.63) is 164 Å². The highest BCUT2D eigenvalue weighted by molar-refractivity contribution is 7.81. The lowest BCUT2D eigenvalue weighted by Gasteiger charge is -2.26. The van der Waals surface area contributed by atoms with E-state index in [9.17, 15) is 0 Å². The molecule has 0 spiro atoms. The first-order chi connectivity index (χ1) is 21.3. The molecular weight excluding hydrogens is 559 g/mol. The minimum atomic E-state index is -0.868. The summed E-state index contributed by atoms with van der Waals surface area (Å²) in [7, 11) is -0.868. The van der Waals surface area contributed by atoms with Crippen LogP contribution in [0.15, 0.2) is 164 Å². The molecule has 4 heteroatoms. The smallest absolute Gasteiger partial charge is 0.175 e. The summed E-state index contributed by atoms with van der Waals surface area (Å²) >= 11 is 5.87. The Bertz CT molecular complexity index is 2000. The molecule has 0 atom stereocenters. The standard InChI is InChI=1S/C39H29N2PS/c43-39(40-30-16-4-1-5-17-30)41-35-26-24-28-14-10-12-22-33(28)37(35)38-34-23-13-11-15-29(34)25-27-36(38)42(31-18-6-2-7-19-31)32-20-8-3-9-21-32/h1-27H,(H2,40,41,43). The molecule has 0 saturated carbocycles. The van der Waals surface area contributed by atoms with E-state index in [2.05, 4.69) is 144 Å². The van der Waals surface area contributed by atoms with Gasteiger partial charge in [0.15, 0.2) is 5.11 Å². The number of benzene rings is 7. The average Bonchev–Trinajstić information content (AvgIpc) is 3.06. The highest BCUT2D eigenvalue weighted by atomic mass is 32.1. The molecule has 0 amide bonds. The second-order valence-electron chi connectivity index (χ2n) is 10.3. The Labute approximate surface area is 258 Å². The molecule has 7 aromatic rings. The maximum absolute atomic E-state index is 5.87. The number of anilines is 2. The lowest BCUT2D eigenvalue weighted by atomic mass is 9.92. The normalized spacial score (nSPS) is 11.1. The Kier molecular flexibility index (Phi) is 7.67. The average molecular weight is 589 g/mol. The van der Waals surface area contributed by atoms with Gasteiger partial charge in [-0.2, -0.15) is 0 Å². The molecule has 0 fully saturated rings.